The van der Waals surface area contributed by atoms with Crippen LogP contribution in [0.2, 0.25) is 0 Å². The maximum absolute atomic E-state index is 4.80. The first-order chi connectivity index (χ1) is 10.8. The molecule has 1 heterocycles. The molecule has 0 radical (unpaired) electrons. The smallest absolute Gasteiger partial charge is 0.237 e. The molecule has 3 heteroatoms. The summed E-state index contributed by atoms with van der Waals surface area (Å²) in [7, 11) is 0. The highest BCUT2D eigenvalue weighted by Crippen LogP contribution is 2.20. The summed E-state index contributed by atoms with van der Waals surface area (Å²) < 4.78 is 2.32. The van der Waals surface area contributed by atoms with Crippen molar-refractivity contribution in [3.63, 3.8) is 0 Å². The number of aryl methyl sites for hydroxylation is 1. The Balaban J connectivity index is 0.00000156. The van der Waals surface area contributed by atoms with Crippen LogP contribution in [0.3, 0.4) is 0 Å². The number of rotatable bonds is 1. The Bertz CT molecular complexity index is 955. The van der Waals surface area contributed by atoms with Crippen LogP contribution >= 0.6 is 0 Å². The van der Waals surface area contributed by atoms with Crippen LogP contribution in [0.15, 0.2) is 66.7 Å². The van der Waals surface area contributed by atoms with Gasteiger partial charge in [-0.1, -0.05) is 36.4 Å². The molecule has 0 aliphatic carbocycles. The van der Waals surface area contributed by atoms with E-state index < -0.39 is 0 Å². The summed E-state index contributed by atoms with van der Waals surface area (Å²) in [5.74, 6) is 0. The molecule has 0 aliphatic rings. The number of aromatic nitrogens is 2. The number of hydrogen-bond acceptors (Lipinski definition) is 1. The van der Waals surface area contributed by atoms with E-state index in [1.807, 2.05) is 12.1 Å². The summed E-state index contributed by atoms with van der Waals surface area (Å²) in [5.41, 5.74) is 8.12. The zero-order chi connectivity index (χ0) is 15.1. The van der Waals surface area contributed by atoms with Crippen LogP contribution in [0.4, 0.5) is 0 Å². The van der Waals surface area contributed by atoms with Crippen molar-refractivity contribution in [3.8, 4) is 5.69 Å². The van der Waals surface area contributed by atoms with E-state index >= 15 is 0 Å². The maximum atomic E-state index is 4.80. The van der Waals surface area contributed by atoms with Crippen LogP contribution in [0.5, 0.6) is 0 Å². The molecule has 1 aromatic heterocycles. The fourth-order valence-corrected chi connectivity index (χ4v) is 2.99. The summed E-state index contributed by atoms with van der Waals surface area (Å²) in [6.45, 7) is 4.34. The first-order valence-electron chi connectivity index (χ1n) is 7.52. The lowest BCUT2D eigenvalue weighted by Crippen LogP contribution is -3.00. The van der Waals surface area contributed by atoms with Crippen LogP contribution < -0.4 is 17.0 Å². The molecule has 0 amide bonds. The zero-order valence-electron chi connectivity index (χ0n) is 13.1. The van der Waals surface area contributed by atoms with Gasteiger partial charge in [0.15, 0.2) is 0 Å². The molecular formula is C20H17ClN2. The largest absolute Gasteiger partial charge is 1.00 e. The van der Waals surface area contributed by atoms with Gasteiger partial charge in [0.25, 0.3) is 0 Å². The molecule has 0 aliphatic heterocycles. The molecule has 0 atom stereocenters. The summed E-state index contributed by atoms with van der Waals surface area (Å²) in [6.07, 6.45) is 0. The van der Waals surface area contributed by atoms with Gasteiger partial charge in [-0.05, 0) is 31.5 Å². The third-order valence-electron chi connectivity index (χ3n) is 4.30. The van der Waals surface area contributed by atoms with Crippen LogP contribution in [0, 0.1) is 13.8 Å². The van der Waals surface area contributed by atoms with E-state index in [1.54, 1.807) is 0 Å². The van der Waals surface area contributed by atoms with Gasteiger partial charge in [-0.15, -0.1) is 4.57 Å². The van der Waals surface area contributed by atoms with Gasteiger partial charge in [-0.3, -0.25) is 0 Å². The van der Waals surface area contributed by atoms with Gasteiger partial charge < -0.3 is 12.4 Å². The minimum atomic E-state index is 0. The first kappa shape index (κ1) is 15.4. The van der Waals surface area contributed by atoms with Crippen molar-refractivity contribution in [3.05, 3.63) is 77.9 Å². The number of fused-ring (bicyclic) bond motifs is 2. The Morgan fingerprint density at radius 1 is 0.696 bits per heavy atom. The third kappa shape index (κ3) is 2.45. The van der Waals surface area contributed by atoms with Gasteiger partial charge in [0.2, 0.25) is 16.7 Å². The molecule has 0 N–H and O–H groups in total. The molecule has 0 saturated heterocycles. The monoisotopic (exact) mass is 320 g/mol. The summed E-state index contributed by atoms with van der Waals surface area (Å²) in [5, 5.41) is 0. The molecule has 0 fully saturated rings. The average molecular weight is 321 g/mol. The summed E-state index contributed by atoms with van der Waals surface area (Å²) >= 11 is 0. The first-order valence-corrected chi connectivity index (χ1v) is 7.52. The van der Waals surface area contributed by atoms with Crippen LogP contribution in [0.25, 0.3) is 27.8 Å². The SMILES string of the molecule is Cc1cccc(-[n+]2c3ccccc3nc3ccccc32)c1C.[Cl-]. The number of hydrogen-bond donors (Lipinski definition) is 0. The Labute approximate surface area is 141 Å². The van der Waals surface area contributed by atoms with Crippen molar-refractivity contribution < 1.29 is 17.0 Å². The minimum absolute atomic E-state index is 0. The normalized spacial score (nSPS) is 10.7. The molecular weight excluding hydrogens is 304 g/mol. The van der Waals surface area contributed by atoms with Crippen LogP contribution in [-0.2, 0) is 0 Å². The van der Waals surface area contributed by atoms with Gasteiger partial charge in [0, 0.05) is 23.8 Å². The number of para-hydroxylation sites is 4. The quantitative estimate of drug-likeness (QED) is 0.381. The van der Waals surface area contributed by atoms with Crippen LogP contribution in [-0.4, -0.2) is 4.98 Å². The molecule has 23 heavy (non-hydrogen) atoms. The standard InChI is InChI=1S/C20H17N2.ClH/c1-14-8-7-13-18(15(14)2)22-19-11-5-3-9-16(19)21-17-10-4-6-12-20(17)22;/h3-13H,1-2H3;1H/q+1;/p-1. The van der Waals surface area contributed by atoms with E-state index in [-0.39, 0.29) is 12.4 Å². The minimum Gasteiger partial charge on any atom is -1.00 e. The second-order valence-electron chi connectivity index (χ2n) is 5.64. The molecule has 0 spiro atoms. The van der Waals surface area contributed by atoms with E-state index in [0.29, 0.717) is 0 Å². The Hall–Kier alpha value is -2.45. The van der Waals surface area contributed by atoms with Crippen molar-refractivity contribution in [1.29, 1.82) is 0 Å². The molecule has 0 unspecified atom stereocenters. The highest BCUT2D eigenvalue weighted by Gasteiger charge is 2.20. The topological polar surface area (TPSA) is 16.8 Å². The van der Waals surface area contributed by atoms with E-state index in [1.165, 1.54) is 16.8 Å². The van der Waals surface area contributed by atoms with Crippen molar-refractivity contribution in [1.82, 2.24) is 4.98 Å². The van der Waals surface area contributed by atoms with Crippen molar-refractivity contribution in [2.24, 2.45) is 0 Å². The number of nitrogens with zero attached hydrogens (tertiary/aromatic N) is 2. The highest BCUT2D eigenvalue weighted by atomic mass is 35.5. The maximum Gasteiger partial charge on any atom is 0.237 e. The van der Waals surface area contributed by atoms with Crippen molar-refractivity contribution in [2.75, 3.05) is 0 Å². The second kappa shape index (κ2) is 5.98. The van der Waals surface area contributed by atoms with Gasteiger partial charge in [-0.2, -0.15) is 0 Å². The number of benzene rings is 3. The fourth-order valence-electron chi connectivity index (χ4n) is 2.99. The lowest BCUT2D eigenvalue weighted by atomic mass is 10.1. The average Bonchev–Trinajstić information content (AvgIpc) is 2.55. The molecule has 3 aromatic carbocycles. The predicted molar refractivity (Wildman–Crippen MR) is 90.3 cm³/mol. The lowest BCUT2D eigenvalue weighted by Gasteiger charge is -2.08. The van der Waals surface area contributed by atoms with Gasteiger partial charge in [0.1, 0.15) is 11.0 Å². The second-order valence-corrected chi connectivity index (χ2v) is 5.64. The van der Waals surface area contributed by atoms with E-state index in [4.69, 9.17) is 4.98 Å². The van der Waals surface area contributed by atoms with E-state index in [0.717, 1.165) is 22.1 Å². The molecule has 2 nitrogen and oxygen atoms in total. The highest BCUT2D eigenvalue weighted by molar-refractivity contribution is 5.82. The van der Waals surface area contributed by atoms with Crippen LogP contribution in [0.1, 0.15) is 11.1 Å². The third-order valence-corrected chi connectivity index (χ3v) is 4.30. The zero-order valence-corrected chi connectivity index (χ0v) is 13.9. The summed E-state index contributed by atoms with van der Waals surface area (Å²) in [4.78, 5) is 4.80. The molecule has 114 valence electrons. The Morgan fingerprint density at radius 3 is 1.87 bits per heavy atom. The molecule has 4 aromatic rings. The van der Waals surface area contributed by atoms with Gasteiger partial charge >= 0.3 is 0 Å². The van der Waals surface area contributed by atoms with E-state index in [9.17, 15) is 0 Å². The predicted octanol–water partition coefficient (Wildman–Crippen LogP) is 1.29. The van der Waals surface area contributed by atoms with Crippen molar-refractivity contribution in [2.45, 2.75) is 13.8 Å². The number of halogens is 1. The van der Waals surface area contributed by atoms with Crippen molar-refractivity contribution >= 4 is 22.1 Å². The molecule has 0 bridgehead atoms. The fraction of sp³-hybridized carbons (Fsp3) is 0.100. The molecule has 0 saturated carbocycles. The van der Waals surface area contributed by atoms with Gasteiger partial charge in [0.05, 0.1) is 0 Å². The Kier molecular flexibility index (Phi) is 4.01. The van der Waals surface area contributed by atoms with E-state index in [2.05, 4.69) is 73.0 Å². The van der Waals surface area contributed by atoms with Gasteiger partial charge in [-0.25, -0.2) is 4.98 Å². The molecule has 4 rings (SSSR count). The lowest BCUT2D eigenvalue weighted by molar-refractivity contribution is -0.538. The Morgan fingerprint density at radius 2 is 1.26 bits per heavy atom. The summed E-state index contributed by atoms with van der Waals surface area (Å²) in [6, 6.07) is 23.1.